The molecular weight excluding hydrogens is 228 g/mol. The van der Waals surface area contributed by atoms with Gasteiger partial charge in [-0.05, 0) is 37.3 Å². The third kappa shape index (κ3) is 3.64. The van der Waals surface area contributed by atoms with E-state index in [0.29, 0.717) is 18.4 Å². The summed E-state index contributed by atoms with van der Waals surface area (Å²) in [4.78, 5) is 23.6. The highest BCUT2D eigenvalue weighted by Gasteiger charge is 2.30. The maximum absolute atomic E-state index is 11.8. The van der Waals surface area contributed by atoms with E-state index in [1.54, 1.807) is 6.08 Å². The van der Waals surface area contributed by atoms with Gasteiger partial charge in [-0.3, -0.25) is 9.59 Å². The van der Waals surface area contributed by atoms with Crippen LogP contribution in [-0.4, -0.2) is 22.8 Å². The Kier molecular flexibility index (Phi) is 5.03. The predicted octanol–water partition coefficient (Wildman–Crippen LogP) is 2.44. The van der Waals surface area contributed by atoms with Crippen molar-refractivity contribution < 1.29 is 14.7 Å². The standard InChI is InChI=1S/C15H22O3/c1-9(2)7-14(17)15(18)11(4)12-6-5-10(3)8-13(12)16/h8-9,12,15,18H,4-7H2,1-3H3/t12-,15+/m1/s1. The highest BCUT2D eigenvalue weighted by Crippen LogP contribution is 2.28. The van der Waals surface area contributed by atoms with Gasteiger partial charge in [-0.2, -0.15) is 0 Å². The van der Waals surface area contributed by atoms with E-state index in [1.807, 2.05) is 20.8 Å². The van der Waals surface area contributed by atoms with Crippen molar-refractivity contribution in [3.8, 4) is 0 Å². The monoisotopic (exact) mass is 250 g/mol. The highest BCUT2D eigenvalue weighted by atomic mass is 16.3. The lowest BCUT2D eigenvalue weighted by atomic mass is 9.81. The van der Waals surface area contributed by atoms with E-state index in [1.165, 1.54) is 0 Å². The minimum atomic E-state index is -1.20. The average Bonchev–Trinajstić information content (AvgIpc) is 2.26. The highest BCUT2D eigenvalue weighted by molar-refractivity contribution is 5.97. The van der Waals surface area contributed by atoms with Crippen molar-refractivity contribution in [3.05, 3.63) is 23.8 Å². The molecule has 0 radical (unpaired) electrons. The van der Waals surface area contributed by atoms with Gasteiger partial charge in [0, 0.05) is 12.3 Å². The Hall–Kier alpha value is -1.22. The summed E-state index contributed by atoms with van der Waals surface area (Å²) in [6, 6.07) is 0. The molecule has 1 aliphatic carbocycles. The van der Waals surface area contributed by atoms with E-state index < -0.39 is 12.0 Å². The van der Waals surface area contributed by atoms with Gasteiger partial charge in [0.25, 0.3) is 0 Å². The Bertz CT molecular complexity index is 391. The number of carbonyl (C=O) groups excluding carboxylic acids is 2. The van der Waals surface area contributed by atoms with Crippen molar-refractivity contribution in [2.45, 2.75) is 46.1 Å². The van der Waals surface area contributed by atoms with E-state index in [-0.39, 0.29) is 17.5 Å². The number of allylic oxidation sites excluding steroid dienone is 2. The third-order valence-corrected chi connectivity index (χ3v) is 3.27. The molecule has 0 saturated heterocycles. The number of rotatable bonds is 5. The first kappa shape index (κ1) is 14.8. The molecule has 18 heavy (non-hydrogen) atoms. The van der Waals surface area contributed by atoms with Gasteiger partial charge in [-0.1, -0.05) is 26.0 Å². The van der Waals surface area contributed by atoms with Crippen molar-refractivity contribution in [1.82, 2.24) is 0 Å². The Labute approximate surface area is 109 Å². The molecule has 0 bridgehead atoms. The molecule has 0 aromatic carbocycles. The first-order valence-electron chi connectivity index (χ1n) is 6.43. The molecule has 2 atom stereocenters. The molecule has 100 valence electrons. The van der Waals surface area contributed by atoms with Crippen LogP contribution in [0, 0.1) is 11.8 Å². The van der Waals surface area contributed by atoms with Crippen LogP contribution in [0.4, 0.5) is 0 Å². The van der Waals surface area contributed by atoms with Gasteiger partial charge in [-0.15, -0.1) is 0 Å². The van der Waals surface area contributed by atoms with Crippen LogP contribution in [0.1, 0.15) is 40.0 Å². The SMILES string of the molecule is C=C([C@H](O)C(=O)CC(C)C)[C@H]1CCC(C)=CC1=O. The molecule has 3 heteroatoms. The third-order valence-electron chi connectivity index (χ3n) is 3.27. The zero-order valence-electron chi connectivity index (χ0n) is 11.4. The van der Waals surface area contributed by atoms with Crippen LogP contribution in [0.3, 0.4) is 0 Å². The molecule has 3 nitrogen and oxygen atoms in total. The summed E-state index contributed by atoms with van der Waals surface area (Å²) >= 11 is 0. The second kappa shape index (κ2) is 6.10. The van der Waals surface area contributed by atoms with Crippen molar-refractivity contribution in [2.24, 2.45) is 11.8 Å². The van der Waals surface area contributed by atoms with Gasteiger partial charge in [0.1, 0.15) is 6.10 Å². The quantitative estimate of drug-likeness (QED) is 0.762. The fourth-order valence-electron chi connectivity index (χ4n) is 2.21. The molecule has 0 aromatic rings. The Morgan fingerprint density at radius 3 is 2.67 bits per heavy atom. The maximum Gasteiger partial charge on any atom is 0.165 e. The first-order chi connectivity index (χ1) is 8.32. The van der Waals surface area contributed by atoms with Crippen molar-refractivity contribution in [1.29, 1.82) is 0 Å². The lowest BCUT2D eigenvalue weighted by molar-refractivity contribution is -0.126. The van der Waals surface area contributed by atoms with E-state index in [9.17, 15) is 14.7 Å². The lowest BCUT2D eigenvalue weighted by Gasteiger charge is -2.24. The Morgan fingerprint density at radius 2 is 2.17 bits per heavy atom. The molecule has 0 spiro atoms. The van der Waals surface area contributed by atoms with Gasteiger partial charge < -0.3 is 5.11 Å². The number of hydrogen-bond donors (Lipinski definition) is 1. The molecule has 0 aromatic heterocycles. The summed E-state index contributed by atoms with van der Waals surface area (Å²) in [5.74, 6) is -0.488. The summed E-state index contributed by atoms with van der Waals surface area (Å²) in [6.45, 7) is 9.52. The Balaban J connectivity index is 2.70. The molecule has 0 amide bonds. The Morgan fingerprint density at radius 1 is 1.56 bits per heavy atom. The van der Waals surface area contributed by atoms with Crippen LogP contribution in [0.2, 0.25) is 0 Å². The predicted molar refractivity (Wildman–Crippen MR) is 71.1 cm³/mol. The number of carbonyl (C=O) groups is 2. The molecule has 0 fully saturated rings. The minimum Gasteiger partial charge on any atom is -0.381 e. The van der Waals surface area contributed by atoms with Crippen LogP contribution >= 0.6 is 0 Å². The number of ketones is 2. The number of aliphatic hydroxyl groups is 1. The number of hydrogen-bond acceptors (Lipinski definition) is 3. The molecular formula is C15H22O3. The van der Waals surface area contributed by atoms with E-state index in [2.05, 4.69) is 6.58 Å². The summed E-state index contributed by atoms with van der Waals surface area (Å²) in [7, 11) is 0. The van der Waals surface area contributed by atoms with Gasteiger partial charge in [-0.25, -0.2) is 0 Å². The average molecular weight is 250 g/mol. The van der Waals surface area contributed by atoms with E-state index >= 15 is 0 Å². The molecule has 1 rings (SSSR count). The summed E-state index contributed by atoms with van der Waals surface area (Å²) < 4.78 is 0. The van der Waals surface area contributed by atoms with Crippen molar-refractivity contribution in [2.75, 3.05) is 0 Å². The molecule has 1 aliphatic rings. The van der Waals surface area contributed by atoms with Gasteiger partial charge in [0.15, 0.2) is 11.6 Å². The van der Waals surface area contributed by atoms with E-state index in [4.69, 9.17) is 0 Å². The molecule has 0 heterocycles. The maximum atomic E-state index is 11.8. The van der Waals surface area contributed by atoms with E-state index in [0.717, 1.165) is 12.0 Å². The van der Waals surface area contributed by atoms with Crippen LogP contribution in [0.5, 0.6) is 0 Å². The molecule has 0 aliphatic heterocycles. The minimum absolute atomic E-state index is 0.0415. The van der Waals surface area contributed by atoms with Gasteiger partial charge >= 0.3 is 0 Å². The number of aliphatic hydroxyl groups excluding tert-OH is 1. The van der Waals surface area contributed by atoms with Gasteiger partial charge in [0.05, 0.1) is 0 Å². The topological polar surface area (TPSA) is 54.4 Å². The second-order valence-electron chi connectivity index (χ2n) is 5.53. The summed E-state index contributed by atoms with van der Waals surface area (Å²) in [5.41, 5.74) is 1.40. The fourth-order valence-corrected chi connectivity index (χ4v) is 2.21. The molecule has 1 N–H and O–H groups in total. The summed E-state index contributed by atoms with van der Waals surface area (Å²) in [5, 5.41) is 9.95. The lowest BCUT2D eigenvalue weighted by Crippen LogP contribution is -2.31. The zero-order chi connectivity index (χ0) is 13.9. The van der Waals surface area contributed by atoms with Crippen molar-refractivity contribution in [3.63, 3.8) is 0 Å². The smallest absolute Gasteiger partial charge is 0.165 e. The fraction of sp³-hybridized carbons (Fsp3) is 0.600. The van der Waals surface area contributed by atoms with Crippen LogP contribution in [0.25, 0.3) is 0 Å². The van der Waals surface area contributed by atoms with Crippen LogP contribution in [-0.2, 0) is 9.59 Å². The van der Waals surface area contributed by atoms with Crippen LogP contribution in [0.15, 0.2) is 23.8 Å². The normalized spacial score (nSPS) is 21.7. The zero-order valence-corrected chi connectivity index (χ0v) is 11.4. The number of Topliss-reactive ketones (excluding diaryl/α,β-unsaturated/α-hetero) is 1. The van der Waals surface area contributed by atoms with Crippen LogP contribution < -0.4 is 0 Å². The van der Waals surface area contributed by atoms with Crippen molar-refractivity contribution >= 4 is 11.6 Å². The summed E-state index contributed by atoms with van der Waals surface area (Å²) in [6.07, 6.45) is 2.18. The molecule has 0 saturated carbocycles. The molecule has 0 unspecified atom stereocenters. The largest absolute Gasteiger partial charge is 0.381 e. The van der Waals surface area contributed by atoms with Gasteiger partial charge in [0.2, 0.25) is 0 Å². The second-order valence-corrected chi connectivity index (χ2v) is 5.53. The first-order valence-corrected chi connectivity index (χ1v) is 6.43.